The summed E-state index contributed by atoms with van der Waals surface area (Å²) in [6.45, 7) is 1.63. The van der Waals surface area contributed by atoms with E-state index in [1.54, 1.807) is 18.5 Å². The summed E-state index contributed by atoms with van der Waals surface area (Å²) in [6, 6.07) is 0.939. The summed E-state index contributed by atoms with van der Waals surface area (Å²) in [5.74, 6) is -0.939. The van der Waals surface area contributed by atoms with E-state index in [0.29, 0.717) is 18.0 Å². The lowest BCUT2D eigenvalue weighted by Crippen LogP contribution is -2.32. The zero-order valence-electron chi connectivity index (χ0n) is 12.1. The van der Waals surface area contributed by atoms with Crippen LogP contribution in [0.15, 0.2) is 24.5 Å². The van der Waals surface area contributed by atoms with E-state index < -0.39 is 29.6 Å². The monoisotopic (exact) mass is 331 g/mol. The molecule has 1 unspecified atom stereocenters. The number of nitrogens with zero attached hydrogens (tertiary/aromatic N) is 3. The molecule has 0 fully saturated rings. The summed E-state index contributed by atoms with van der Waals surface area (Å²) >= 11 is 0. The maximum absolute atomic E-state index is 13.2. The molecule has 2 amide bonds. The van der Waals surface area contributed by atoms with Crippen LogP contribution in [0.25, 0.3) is 0 Å². The zero-order valence-corrected chi connectivity index (χ0v) is 12.1. The van der Waals surface area contributed by atoms with E-state index in [-0.39, 0.29) is 5.69 Å². The Labute approximate surface area is 128 Å². The van der Waals surface area contributed by atoms with Crippen LogP contribution in [0.2, 0.25) is 0 Å². The number of nitrogens with one attached hydrogen (secondary N) is 2. The van der Waals surface area contributed by atoms with Crippen molar-refractivity contribution in [2.45, 2.75) is 19.1 Å². The molecule has 0 aliphatic carbocycles. The van der Waals surface area contributed by atoms with Crippen LogP contribution in [0.5, 0.6) is 0 Å². The molecule has 1 aromatic heterocycles. The molecule has 2 N–H and O–H groups in total. The quantitative estimate of drug-likeness (QED) is 0.850. The molecule has 6 nitrogen and oxygen atoms in total. The first-order valence-electron chi connectivity index (χ1n) is 6.46. The van der Waals surface area contributed by atoms with Gasteiger partial charge in [0.15, 0.2) is 5.82 Å². The Bertz CT molecular complexity index is 713. The fourth-order valence-electron chi connectivity index (χ4n) is 1.93. The maximum Gasteiger partial charge on any atom is 0.419 e. The molecule has 23 heavy (non-hydrogen) atoms. The van der Waals surface area contributed by atoms with Crippen LogP contribution in [-0.2, 0) is 13.2 Å². The standard InChI is InChI=1S/C13H13F4N5O/c1-7(11-21-18-6-22(11)2)19-12(23)20-8-3-4-10(14)9(5-8)13(15,16)17/h3-7H,1-2H3,(H2,19,20,23). The highest BCUT2D eigenvalue weighted by molar-refractivity contribution is 5.89. The molecule has 0 saturated heterocycles. The minimum atomic E-state index is -4.84. The molecule has 2 rings (SSSR count). The minimum absolute atomic E-state index is 0.179. The number of amides is 2. The number of alkyl halides is 3. The summed E-state index contributed by atoms with van der Waals surface area (Å²) in [5, 5.41) is 12.2. The number of urea groups is 1. The number of halogens is 4. The van der Waals surface area contributed by atoms with E-state index in [9.17, 15) is 22.4 Å². The van der Waals surface area contributed by atoms with Crippen molar-refractivity contribution in [3.05, 3.63) is 41.7 Å². The second-order valence-corrected chi connectivity index (χ2v) is 4.81. The van der Waals surface area contributed by atoms with Crippen LogP contribution in [0, 0.1) is 5.82 Å². The van der Waals surface area contributed by atoms with E-state index in [2.05, 4.69) is 20.8 Å². The summed E-state index contributed by atoms with van der Waals surface area (Å²) in [4.78, 5) is 11.8. The molecule has 1 atom stereocenters. The number of aryl methyl sites for hydroxylation is 1. The highest BCUT2D eigenvalue weighted by atomic mass is 19.4. The van der Waals surface area contributed by atoms with Gasteiger partial charge in [-0.2, -0.15) is 13.2 Å². The molecule has 0 radical (unpaired) electrons. The number of aromatic nitrogens is 3. The van der Waals surface area contributed by atoms with E-state index in [4.69, 9.17) is 0 Å². The van der Waals surface area contributed by atoms with E-state index in [1.807, 2.05) is 0 Å². The summed E-state index contributed by atoms with van der Waals surface area (Å²) < 4.78 is 52.6. The van der Waals surface area contributed by atoms with Crippen molar-refractivity contribution in [3.8, 4) is 0 Å². The fourth-order valence-corrected chi connectivity index (χ4v) is 1.93. The number of carbonyl (C=O) groups excluding carboxylic acids is 1. The second kappa shape index (κ2) is 6.23. The Morgan fingerprint density at radius 1 is 1.35 bits per heavy atom. The van der Waals surface area contributed by atoms with Crippen molar-refractivity contribution in [3.63, 3.8) is 0 Å². The van der Waals surface area contributed by atoms with Gasteiger partial charge in [-0.05, 0) is 25.1 Å². The SMILES string of the molecule is CC(NC(=O)Nc1ccc(F)c(C(F)(F)F)c1)c1nncn1C. The largest absolute Gasteiger partial charge is 0.419 e. The van der Waals surface area contributed by atoms with Crippen LogP contribution in [-0.4, -0.2) is 20.8 Å². The fraction of sp³-hybridized carbons (Fsp3) is 0.308. The van der Waals surface area contributed by atoms with Crippen LogP contribution in [0.4, 0.5) is 28.0 Å². The van der Waals surface area contributed by atoms with Crippen molar-refractivity contribution in [1.82, 2.24) is 20.1 Å². The van der Waals surface area contributed by atoms with Gasteiger partial charge in [0.2, 0.25) is 0 Å². The van der Waals surface area contributed by atoms with E-state index in [0.717, 1.165) is 6.07 Å². The number of rotatable bonds is 3. The van der Waals surface area contributed by atoms with Gasteiger partial charge < -0.3 is 15.2 Å². The predicted molar refractivity (Wildman–Crippen MR) is 73.0 cm³/mol. The van der Waals surface area contributed by atoms with E-state index in [1.165, 1.54) is 6.33 Å². The Morgan fingerprint density at radius 3 is 2.61 bits per heavy atom. The van der Waals surface area contributed by atoms with Gasteiger partial charge >= 0.3 is 12.2 Å². The maximum atomic E-state index is 13.2. The molecule has 124 valence electrons. The topological polar surface area (TPSA) is 71.8 Å². The summed E-state index contributed by atoms with van der Waals surface area (Å²) in [7, 11) is 1.68. The van der Waals surface area contributed by atoms with Crippen LogP contribution >= 0.6 is 0 Å². The second-order valence-electron chi connectivity index (χ2n) is 4.81. The van der Waals surface area contributed by atoms with Gasteiger partial charge in [0, 0.05) is 12.7 Å². The molecule has 1 heterocycles. The highest BCUT2D eigenvalue weighted by Crippen LogP contribution is 2.32. The van der Waals surface area contributed by atoms with Crippen molar-refractivity contribution in [1.29, 1.82) is 0 Å². The summed E-state index contributed by atoms with van der Waals surface area (Å²) in [5.41, 5.74) is -1.63. The van der Waals surface area contributed by atoms with Crippen LogP contribution in [0.3, 0.4) is 0 Å². The molecule has 0 bridgehead atoms. The first-order valence-corrected chi connectivity index (χ1v) is 6.46. The highest BCUT2D eigenvalue weighted by Gasteiger charge is 2.34. The van der Waals surface area contributed by atoms with Crippen LogP contribution in [0.1, 0.15) is 24.4 Å². The predicted octanol–water partition coefficient (Wildman–Crippen LogP) is 2.86. The first kappa shape index (κ1) is 16.7. The molecule has 0 saturated carbocycles. The third kappa shape index (κ3) is 3.96. The molecule has 2 aromatic rings. The zero-order chi connectivity index (χ0) is 17.2. The van der Waals surface area contributed by atoms with Gasteiger partial charge in [0.1, 0.15) is 12.1 Å². The number of anilines is 1. The summed E-state index contributed by atoms with van der Waals surface area (Å²) in [6.07, 6.45) is -3.40. The molecule has 0 aliphatic heterocycles. The van der Waals surface area contributed by atoms with Gasteiger partial charge in [-0.1, -0.05) is 0 Å². The van der Waals surface area contributed by atoms with Gasteiger partial charge in [0.25, 0.3) is 0 Å². The molecule has 0 spiro atoms. The smallest absolute Gasteiger partial charge is 0.328 e. The van der Waals surface area contributed by atoms with Crippen molar-refractivity contribution in [2.24, 2.45) is 7.05 Å². The van der Waals surface area contributed by atoms with Crippen molar-refractivity contribution in [2.75, 3.05) is 5.32 Å². The lowest BCUT2D eigenvalue weighted by Gasteiger charge is -2.15. The normalized spacial score (nSPS) is 12.8. The van der Waals surface area contributed by atoms with Crippen LogP contribution < -0.4 is 10.6 Å². The lowest BCUT2D eigenvalue weighted by molar-refractivity contribution is -0.139. The number of carbonyl (C=O) groups is 1. The third-order valence-electron chi connectivity index (χ3n) is 3.01. The van der Waals surface area contributed by atoms with E-state index >= 15 is 0 Å². The molecule has 0 aliphatic rings. The van der Waals surface area contributed by atoms with Crippen molar-refractivity contribution >= 4 is 11.7 Å². The Hall–Kier alpha value is -2.65. The van der Waals surface area contributed by atoms with Crippen molar-refractivity contribution < 1.29 is 22.4 Å². The molecule has 10 heteroatoms. The number of benzene rings is 1. The molecular weight excluding hydrogens is 318 g/mol. The van der Waals surface area contributed by atoms with Gasteiger partial charge in [0.05, 0.1) is 11.6 Å². The van der Waals surface area contributed by atoms with Gasteiger partial charge in [-0.25, -0.2) is 9.18 Å². The lowest BCUT2D eigenvalue weighted by atomic mass is 10.2. The average Bonchev–Trinajstić information content (AvgIpc) is 2.86. The minimum Gasteiger partial charge on any atom is -0.328 e. The third-order valence-corrected chi connectivity index (χ3v) is 3.01. The van der Waals surface area contributed by atoms with Gasteiger partial charge in [-0.15, -0.1) is 10.2 Å². The first-order chi connectivity index (χ1) is 10.7. The molecular formula is C13H13F4N5O. The Balaban J connectivity index is 2.07. The number of hydrogen-bond acceptors (Lipinski definition) is 3. The molecule has 1 aromatic carbocycles. The Kier molecular flexibility index (Phi) is 4.52. The average molecular weight is 331 g/mol. The Morgan fingerprint density at radius 2 is 2.04 bits per heavy atom. The number of hydrogen-bond donors (Lipinski definition) is 2. The van der Waals surface area contributed by atoms with Gasteiger partial charge in [-0.3, -0.25) is 0 Å².